The Labute approximate surface area is 169 Å². The van der Waals surface area contributed by atoms with Crippen molar-refractivity contribution in [3.8, 4) is 6.07 Å². The molecule has 0 saturated heterocycles. The fourth-order valence-corrected chi connectivity index (χ4v) is 4.57. The molecule has 146 valence electrons. The Balaban J connectivity index is 1.61. The largest absolute Gasteiger partial charge is 0.355 e. The molecule has 1 aliphatic rings. The zero-order chi connectivity index (χ0) is 20.1. The van der Waals surface area contributed by atoms with E-state index in [0.717, 1.165) is 18.4 Å². The van der Waals surface area contributed by atoms with Crippen molar-refractivity contribution in [1.29, 1.82) is 5.26 Å². The smallest absolute Gasteiger partial charge is 0.243 e. The summed E-state index contributed by atoms with van der Waals surface area (Å²) in [5.74, 6) is -0.335. The highest BCUT2D eigenvalue weighted by Gasteiger charge is 2.39. The maximum absolute atomic E-state index is 12.9. The van der Waals surface area contributed by atoms with Crippen LogP contribution in [0.5, 0.6) is 0 Å². The van der Waals surface area contributed by atoms with Crippen LogP contribution in [0.15, 0.2) is 53.4 Å². The summed E-state index contributed by atoms with van der Waals surface area (Å²) in [6.07, 6.45) is 2.12. The first-order valence-electron chi connectivity index (χ1n) is 8.93. The van der Waals surface area contributed by atoms with Gasteiger partial charge in [0.25, 0.3) is 0 Å². The number of benzene rings is 2. The molecule has 0 unspecified atom stereocenters. The van der Waals surface area contributed by atoms with Crippen molar-refractivity contribution in [1.82, 2.24) is 9.62 Å². The molecule has 1 fully saturated rings. The lowest BCUT2D eigenvalue weighted by Crippen LogP contribution is -2.42. The lowest BCUT2D eigenvalue weighted by atomic mass is 10.1. The molecule has 1 saturated carbocycles. The Kier molecular flexibility index (Phi) is 6.35. The molecule has 0 bridgehead atoms. The average molecular weight is 418 g/mol. The molecule has 3 rings (SSSR count). The maximum atomic E-state index is 12.9. The lowest BCUT2D eigenvalue weighted by Gasteiger charge is -2.21. The number of hydrogen-bond donors (Lipinski definition) is 1. The molecule has 28 heavy (non-hydrogen) atoms. The van der Waals surface area contributed by atoms with E-state index in [-0.39, 0.29) is 23.4 Å². The first-order valence-corrected chi connectivity index (χ1v) is 10.7. The van der Waals surface area contributed by atoms with E-state index in [9.17, 15) is 13.2 Å². The number of rotatable bonds is 8. The lowest BCUT2D eigenvalue weighted by molar-refractivity contribution is -0.121. The Bertz CT molecular complexity index is 979. The van der Waals surface area contributed by atoms with Gasteiger partial charge in [-0.25, -0.2) is 8.42 Å². The Morgan fingerprint density at radius 3 is 2.36 bits per heavy atom. The van der Waals surface area contributed by atoms with Crippen LogP contribution in [0.2, 0.25) is 5.02 Å². The normalized spacial score (nSPS) is 13.9. The molecule has 0 aliphatic heterocycles. The minimum atomic E-state index is -3.79. The minimum absolute atomic E-state index is 0.0902. The van der Waals surface area contributed by atoms with Crippen LogP contribution in [-0.4, -0.2) is 37.8 Å². The molecule has 2 aromatic rings. The topological polar surface area (TPSA) is 90.3 Å². The van der Waals surface area contributed by atoms with Gasteiger partial charge in [-0.3, -0.25) is 4.79 Å². The molecule has 0 spiro atoms. The van der Waals surface area contributed by atoms with Crippen molar-refractivity contribution >= 4 is 27.5 Å². The maximum Gasteiger partial charge on any atom is 0.243 e. The first kappa shape index (κ1) is 20.3. The van der Waals surface area contributed by atoms with E-state index in [1.807, 2.05) is 18.2 Å². The second-order valence-corrected chi connectivity index (χ2v) is 8.97. The minimum Gasteiger partial charge on any atom is -0.355 e. The summed E-state index contributed by atoms with van der Waals surface area (Å²) in [5, 5.41) is 12.3. The van der Waals surface area contributed by atoms with Crippen LogP contribution in [0.25, 0.3) is 0 Å². The number of sulfonamides is 1. The standard InChI is InChI=1S/C20H20ClN3O3S/c21-17-5-1-15(2-6-17)11-12-23-20(25)14-24(18-7-8-18)28(26,27)19-9-3-16(13-22)4-10-19/h1-6,9-10,18H,7-8,11-12,14H2,(H,23,25). The van der Waals surface area contributed by atoms with E-state index in [1.165, 1.54) is 28.6 Å². The SMILES string of the molecule is N#Cc1ccc(S(=O)(=O)N(CC(=O)NCCc2ccc(Cl)cc2)C2CC2)cc1. The van der Waals surface area contributed by atoms with Gasteiger partial charge >= 0.3 is 0 Å². The summed E-state index contributed by atoms with van der Waals surface area (Å²) in [5.41, 5.74) is 1.42. The van der Waals surface area contributed by atoms with Gasteiger partial charge in [0.15, 0.2) is 0 Å². The van der Waals surface area contributed by atoms with Gasteiger partial charge in [-0.2, -0.15) is 9.57 Å². The molecule has 1 aliphatic carbocycles. The van der Waals surface area contributed by atoms with Gasteiger partial charge < -0.3 is 5.32 Å². The zero-order valence-electron chi connectivity index (χ0n) is 15.1. The van der Waals surface area contributed by atoms with Crippen LogP contribution < -0.4 is 5.32 Å². The summed E-state index contributed by atoms with van der Waals surface area (Å²) in [6.45, 7) is 0.198. The molecular weight excluding hydrogens is 398 g/mol. The number of nitrogens with zero attached hydrogens (tertiary/aromatic N) is 2. The number of carbonyl (C=O) groups excluding carboxylic acids is 1. The highest BCUT2D eigenvalue weighted by Crippen LogP contribution is 2.31. The van der Waals surface area contributed by atoms with Crippen molar-refractivity contribution in [2.24, 2.45) is 0 Å². The van der Waals surface area contributed by atoms with E-state index in [2.05, 4.69) is 5.32 Å². The number of hydrogen-bond acceptors (Lipinski definition) is 4. The van der Waals surface area contributed by atoms with Crippen LogP contribution in [0, 0.1) is 11.3 Å². The molecule has 2 aromatic carbocycles. The molecule has 0 radical (unpaired) electrons. The Morgan fingerprint density at radius 1 is 1.14 bits per heavy atom. The second kappa shape index (κ2) is 8.74. The summed E-state index contributed by atoms with van der Waals surface area (Å²) in [7, 11) is -3.79. The quantitative estimate of drug-likeness (QED) is 0.715. The third kappa shape index (κ3) is 5.10. The summed E-state index contributed by atoms with van der Waals surface area (Å²) in [4.78, 5) is 12.4. The number of carbonyl (C=O) groups is 1. The number of nitrogens with one attached hydrogen (secondary N) is 1. The van der Waals surface area contributed by atoms with Crippen molar-refractivity contribution < 1.29 is 13.2 Å². The van der Waals surface area contributed by atoms with E-state index in [1.54, 1.807) is 12.1 Å². The predicted octanol–water partition coefficient (Wildman–Crippen LogP) is 2.72. The highest BCUT2D eigenvalue weighted by molar-refractivity contribution is 7.89. The fourth-order valence-electron chi connectivity index (χ4n) is 2.80. The van der Waals surface area contributed by atoms with Crippen LogP contribution in [0.4, 0.5) is 0 Å². The van der Waals surface area contributed by atoms with Crippen molar-refractivity contribution in [3.05, 3.63) is 64.7 Å². The number of halogens is 1. The van der Waals surface area contributed by atoms with Gasteiger partial charge in [-0.15, -0.1) is 0 Å². The predicted molar refractivity (Wildman–Crippen MR) is 106 cm³/mol. The van der Waals surface area contributed by atoms with Gasteiger partial charge in [0.2, 0.25) is 15.9 Å². The Morgan fingerprint density at radius 2 is 1.79 bits per heavy atom. The fraction of sp³-hybridized carbons (Fsp3) is 0.300. The van der Waals surface area contributed by atoms with Gasteiger partial charge in [0, 0.05) is 17.6 Å². The van der Waals surface area contributed by atoms with Gasteiger partial charge in [-0.1, -0.05) is 23.7 Å². The molecule has 1 N–H and O–H groups in total. The number of nitriles is 1. The third-order valence-corrected chi connectivity index (χ3v) is 6.66. The third-order valence-electron chi connectivity index (χ3n) is 4.49. The monoisotopic (exact) mass is 417 g/mol. The van der Waals surface area contributed by atoms with E-state index >= 15 is 0 Å². The van der Waals surface area contributed by atoms with Crippen LogP contribution >= 0.6 is 11.6 Å². The molecule has 6 nitrogen and oxygen atoms in total. The van der Waals surface area contributed by atoms with Crippen LogP contribution in [0.1, 0.15) is 24.0 Å². The summed E-state index contributed by atoms with van der Waals surface area (Å²) < 4.78 is 27.1. The van der Waals surface area contributed by atoms with Gasteiger partial charge in [-0.05, 0) is 61.2 Å². The molecular formula is C20H20ClN3O3S. The van der Waals surface area contributed by atoms with E-state index in [4.69, 9.17) is 16.9 Å². The van der Waals surface area contributed by atoms with Crippen molar-refractivity contribution in [2.45, 2.75) is 30.2 Å². The molecule has 1 amide bonds. The molecule has 0 aromatic heterocycles. The number of amides is 1. The van der Waals surface area contributed by atoms with Gasteiger partial charge in [0.05, 0.1) is 23.1 Å². The second-order valence-electron chi connectivity index (χ2n) is 6.64. The average Bonchev–Trinajstić information content (AvgIpc) is 3.52. The van der Waals surface area contributed by atoms with E-state index in [0.29, 0.717) is 23.6 Å². The molecule has 0 heterocycles. The first-order chi connectivity index (χ1) is 13.4. The zero-order valence-corrected chi connectivity index (χ0v) is 16.7. The van der Waals surface area contributed by atoms with Crippen LogP contribution in [-0.2, 0) is 21.2 Å². The molecule has 0 atom stereocenters. The molecule has 8 heteroatoms. The van der Waals surface area contributed by atoms with Crippen molar-refractivity contribution in [2.75, 3.05) is 13.1 Å². The summed E-state index contributed by atoms with van der Waals surface area (Å²) >= 11 is 5.85. The Hall–Kier alpha value is -2.40. The highest BCUT2D eigenvalue weighted by atomic mass is 35.5. The van der Waals surface area contributed by atoms with E-state index < -0.39 is 10.0 Å². The van der Waals surface area contributed by atoms with Crippen LogP contribution in [0.3, 0.4) is 0 Å². The van der Waals surface area contributed by atoms with Gasteiger partial charge in [0.1, 0.15) is 0 Å². The summed E-state index contributed by atoms with van der Waals surface area (Å²) in [6, 6.07) is 14.9. The van der Waals surface area contributed by atoms with Crippen molar-refractivity contribution in [3.63, 3.8) is 0 Å².